The summed E-state index contributed by atoms with van der Waals surface area (Å²) in [5, 5.41) is 2.89. The summed E-state index contributed by atoms with van der Waals surface area (Å²) in [4.78, 5) is 0.243. The first kappa shape index (κ1) is 8.33. The van der Waals surface area contributed by atoms with Gasteiger partial charge in [0, 0.05) is 5.69 Å². The van der Waals surface area contributed by atoms with E-state index in [9.17, 15) is 8.42 Å². The lowest BCUT2D eigenvalue weighted by Gasteiger charge is -2.19. The normalized spacial score (nSPS) is 18.8. The lowest BCUT2D eigenvalue weighted by molar-refractivity contribution is 0.581. The van der Waals surface area contributed by atoms with Crippen LogP contribution in [0.4, 0.5) is 11.4 Å². The van der Waals surface area contributed by atoms with Gasteiger partial charge in [0.2, 0.25) is 10.0 Å². The highest BCUT2D eigenvalue weighted by Gasteiger charge is 2.21. The molecule has 1 aliphatic rings. The van der Waals surface area contributed by atoms with E-state index in [0.29, 0.717) is 11.4 Å². The molecule has 70 valence electrons. The number of anilines is 2. The lowest BCUT2D eigenvalue weighted by atomic mass is 10.3. The Labute approximate surface area is 76.0 Å². The first-order valence-electron chi connectivity index (χ1n) is 3.73. The Morgan fingerprint density at radius 1 is 1.38 bits per heavy atom. The van der Waals surface area contributed by atoms with Crippen molar-refractivity contribution in [2.75, 3.05) is 17.7 Å². The van der Waals surface area contributed by atoms with Crippen molar-refractivity contribution in [3.8, 4) is 0 Å². The molecule has 5 nitrogen and oxygen atoms in total. The number of hydrogen-bond acceptors (Lipinski definition) is 4. The monoisotopic (exact) mass is 199 g/mol. The summed E-state index contributed by atoms with van der Waals surface area (Å²) in [6.45, 7) is 0.207. The third-order valence-corrected chi connectivity index (χ3v) is 3.29. The molecule has 0 saturated heterocycles. The summed E-state index contributed by atoms with van der Waals surface area (Å²) < 4.78 is 25.1. The van der Waals surface area contributed by atoms with Crippen LogP contribution in [-0.4, -0.2) is 15.1 Å². The first-order chi connectivity index (χ1) is 6.09. The molecule has 0 atom stereocenters. The molecule has 0 amide bonds. The van der Waals surface area contributed by atoms with Gasteiger partial charge in [0.25, 0.3) is 0 Å². The SMILES string of the molecule is Nc1ccc2c(c1)NCNS2(=O)=O. The molecular formula is C7H9N3O2S. The van der Waals surface area contributed by atoms with Crippen LogP contribution in [0.25, 0.3) is 0 Å². The molecule has 1 heterocycles. The van der Waals surface area contributed by atoms with Crippen LogP contribution in [-0.2, 0) is 10.0 Å². The molecule has 2 rings (SSSR count). The molecule has 0 fully saturated rings. The average molecular weight is 199 g/mol. The fourth-order valence-electron chi connectivity index (χ4n) is 1.22. The van der Waals surface area contributed by atoms with Crippen molar-refractivity contribution in [3.63, 3.8) is 0 Å². The molecule has 0 aliphatic carbocycles. The Bertz CT molecular complexity index is 441. The van der Waals surface area contributed by atoms with Gasteiger partial charge in [-0.05, 0) is 18.2 Å². The van der Waals surface area contributed by atoms with E-state index in [1.54, 1.807) is 12.1 Å². The summed E-state index contributed by atoms with van der Waals surface area (Å²) >= 11 is 0. The number of hydrogen-bond donors (Lipinski definition) is 3. The Morgan fingerprint density at radius 3 is 2.92 bits per heavy atom. The van der Waals surface area contributed by atoms with Gasteiger partial charge in [0.1, 0.15) is 4.90 Å². The van der Waals surface area contributed by atoms with Crippen LogP contribution in [0.1, 0.15) is 0 Å². The van der Waals surface area contributed by atoms with Gasteiger partial charge in [0.05, 0.1) is 12.4 Å². The van der Waals surface area contributed by atoms with Crippen LogP contribution >= 0.6 is 0 Å². The van der Waals surface area contributed by atoms with E-state index in [0.717, 1.165) is 0 Å². The van der Waals surface area contributed by atoms with Crippen LogP contribution in [0.3, 0.4) is 0 Å². The summed E-state index contributed by atoms with van der Waals surface area (Å²) in [5.74, 6) is 0. The highest BCUT2D eigenvalue weighted by atomic mass is 32.2. The number of nitrogens with two attached hydrogens (primary N) is 1. The van der Waals surface area contributed by atoms with E-state index in [1.165, 1.54) is 6.07 Å². The number of benzene rings is 1. The summed E-state index contributed by atoms with van der Waals surface area (Å²) in [5.41, 5.74) is 6.61. The Kier molecular flexibility index (Phi) is 1.67. The van der Waals surface area contributed by atoms with Crippen molar-refractivity contribution in [3.05, 3.63) is 18.2 Å². The molecule has 0 aromatic heterocycles. The van der Waals surface area contributed by atoms with Gasteiger partial charge >= 0.3 is 0 Å². The van der Waals surface area contributed by atoms with E-state index >= 15 is 0 Å². The van der Waals surface area contributed by atoms with Gasteiger partial charge in [-0.15, -0.1) is 0 Å². The van der Waals surface area contributed by atoms with Crippen molar-refractivity contribution in [1.82, 2.24) is 4.72 Å². The van der Waals surface area contributed by atoms with E-state index in [-0.39, 0.29) is 11.6 Å². The molecule has 6 heteroatoms. The number of sulfonamides is 1. The summed E-state index contributed by atoms with van der Waals surface area (Å²) in [6.07, 6.45) is 0. The second-order valence-electron chi connectivity index (χ2n) is 2.76. The third kappa shape index (κ3) is 1.34. The van der Waals surface area contributed by atoms with Gasteiger partial charge < -0.3 is 11.1 Å². The second-order valence-corrected chi connectivity index (χ2v) is 4.49. The van der Waals surface area contributed by atoms with E-state index in [2.05, 4.69) is 10.0 Å². The van der Waals surface area contributed by atoms with Crippen molar-refractivity contribution in [2.24, 2.45) is 0 Å². The largest absolute Gasteiger partial charge is 0.399 e. The van der Waals surface area contributed by atoms with E-state index in [1.807, 2.05) is 0 Å². The predicted octanol–water partition coefficient (Wildman–Crippen LogP) is -0.0699. The standard InChI is InChI=1S/C7H9N3O2S/c8-5-1-2-7-6(3-5)9-4-10-13(7,11)12/h1-3,9-10H,4,8H2. The molecule has 0 bridgehead atoms. The fourth-order valence-corrected chi connectivity index (χ4v) is 2.31. The fraction of sp³-hybridized carbons (Fsp3) is 0.143. The maximum atomic E-state index is 11.4. The predicted molar refractivity (Wildman–Crippen MR) is 49.7 cm³/mol. The molecule has 13 heavy (non-hydrogen) atoms. The van der Waals surface area contributed by atoms with Crippen LogP contribution in [0, 0.1) is 0 Å². The molecule has 0 radical (unpaired) electrons. The maximum absolute atomic E-state index is 11.4. The van der Waals surface area contributed by atoms with Gasteiger partial charge in [0.15, 0.2) is 0 Å². The molecule has 1 aromatic rings. The lowest BCUT2D eigenvalue weighted by Crippen LogP contribution is -2.34. The second kappa shape index (κ2) is 2.61. The quantitative estimate of drug-likeness (QED) is 0.511. The minimum absolute atomic E-state index is 0.207. The minimum Gasteiger partial charge on any atom is -0.399 e. The summed E-state index contributed by atoms with van der Waals surface area (Å²) in [7, 11) is -3.33. The number of fused-ring (bicyclic) bond motifs is 1. The van der Waals surface area contributed by atoms with Crippen molar-refractivity contribution in [2.45, 2.75) is 4.90 Å². The zero-order valence-corrected chi connectivity index (χ0v) is 7.56. The van der Waals surface area contributed by atoms with Crippen molar-refractivity contribution < 1.29 is 8.42 Å². The van der Waals surface area contributed by atoms with E-state index < -0.39 is 10.0 Å². The van der Waals surface area contributed by atoms with Crippen molar-refractivity contribution in [1.29, 1.82) is 0 Å². The number of nitrogen functional groups attached to an aromatic ring is 1. The van der Waals surface area contributed by atoms with Gasteiger partial charge in [-0.3, -0.25) is 0 Å². The molecular weight excluding hydrogens is 190 g/mol. The minimum atomic E-state index is -3.33. The zero-order chi connectivity index (χ0) is 9.47. The topological polar surface area (TPSA) is 84.2 Å². The van der Waals surface area contributed by atoms with Crippen molar-refractivity contribution >= 4 is 21.4 Å². The molecule has 0 saturated carbocycles. The van der Waals surface area contributed by atoms with E-state index in [4.69, 9.17) is 5.73 Å². The van der Waals surface area contributed by atoms with Crippen LogP contribution in [0.2, 0.25) is 0 Å². The Morgan fingerprint density at radius 2 is 2.15 bits per heavy atom. The highest BCUT2D eigenvalue weighted by molar-refractivity contribution is 7.89. The molecule has 1 aliphatic heterocycles. The van der Waals surface area contributed by atoms with Gasteiger partial charge in [-0.2, -0.15) is 4.72 Å². The maximum Gasteiger partial charge on any atom is 0.244 e. The number of nitrogens with one attached hydrogen (secondary N) is 2. The van der Waals surface area contributed by atoms with Crippen LogP contribution in [0.15, 0.2) is 23.1 Å². The first-order valence-corrected chi connectivity index (χ1v) is 5.21. The zero-order valence-electron chi connectivity index (χ0n) is 6.74. The van der Waals surface area contributed by atoms with Gasteiger partial charge in [-0.1, -0.05) is 0 Å². The summed E-state index contributed by atoms with van der Waals surface area (Å²) in [6, 6.07) is 4.65. The molecule has 0 spiro atoms. The Hall–Kier alpha value is -1.27. The highest BCUT2D eigenvalue weighted by Crippen LogP contribution is 2.25. The smallest absolute Gasteiger partial charge is 0.244 e. The molecule has 0 unspecified atom stereocenters. The molecule has 1 aromatic carbocycles. The number of rotatable bonds is 0. The third-order valence-electron chi connectivity index (χ3n) is 1.83. The average Bonchev–Trinajstić information content (AvgIpc) is 2.02. The Balaban J connectivity index is 2.66. The molecule has 4 N–H and O–H groups in total. The van der Waals surface area contributed by atoms with Crippen LogP contribution < -0.4 is 15.8 Å². The van der Waals surface area contributed by atoms with Crippen LogP contribution in [0.5, 0.6) is 0 Å². The van der Waals surface area contributed by atoms with Gasteiger partial charge in [-0.25, -0.2) is 8.42 Å².